The fourth-order valence-electron chi connectivity index (χ4n) is 2.26. The van der Waals surface area contributed by atoms with E-state index in [0.717, 1.165) is 28.6 Å². The van der Waals surface area contributed by atoms with Gasteiger partial charge in [0.05, 0.1) is 5.56 Å². The molecular weight excluding hydrogens is 220 g/mol. The molecule has 0 fully saturated rings. The molecule has 3 aromatic rings. The second-order valence-electron chi connectivity index (χ2n) is 4.30. The average Bonchev–Trinajstić information content (AvgIpc) is 2.77. The highest BCUT2D eigenvalue weighted by Crippen LogP contribution is 2.23. The van der Waals surface area contributed by atoms with Gasteiger partial charge in [-0.2, -0.15) is 5.26 Å². The van der Waals surface area contributed by atoms with E-state index in [0.29, 0.717) is 0 Å². The van der Waals surface area contributed by atoms with Crippen LogP contribution in [0.3, 0.4) is 0 Å². The van der Waals surface area contributed by atoms with E-state index < -0.39 is 0 Å². The Labute approximate surface area is 106 Å². The molecule has 0 radical (unpaired) electrons. The topological polar surface area (TPSA) is 39.6 Å². The maximum absolute atomic E-state index is 9.31. The first-order valence-electron chi connectivity index (χ1n) is 5.92. The molecule has 1 aromatic heterocycles. The van der Waals surface area contributed by atoms with E-state index in [1.807, 2.05) is 42.5 Å². The van der Waals surface area contributed by atoms with E-state index in [4.69, 9.17) is 0 Å². The van der Waals surface area contributed by atoms with Crippen LogP contribution in [0.1, 0.15) is 16.8 Å². The quantitative estimate of drug-likeness (QED) is 0.720. The number of rotatable bonds is 2. The summed E-state index contributed by atoms with van der Waals surface area (Å²) in [7, 11) is 0. The van der Waals surface area contributed by atoms with Crippen LogP contribution in [-0.2, 0) is 6.42 Å². The summed E-state index contributed by atoms with van der Waals surface area (Å²) in [5.74, 6) is 0. The molecule has 1 N–H and O–H groups in total. The molecule has 2 nitrogen and oxygen atoms in total. The summed E-state index contributed by atoms with van der Waals surface area (Å²) in [6.45, 7) is 0. The molecule has 0 aliphatic rings. The monoisotopic (exact) mass is 232 g/mol. The Kier molecular flexibility index (Phi) is 2.59. The van der Waals surface area contributed by atoms with Crippen molar-refractivity contribution in [2.24, 2.45) is 0 Å². The number of aromatic nitrogens is 1. The number of nitrogens with zero attached hydrogens (tertiary/aromatic N) is 1. The Bertz CT molecular complexity index is 718. The van der Waals surface area contributed by atoms with Crippen LogP contribution < -0.4 is 0 Å². The molecule has 2 heteroatoms. The Hall–Kier alpha value is -2.53. The molecule has 0 atom stereocenters. The van der Waals surface area contributed by atoms with Crippen LogP contribution >= 0.6 is 0 Å². The fourth-order valence-corrected chi connectivity index (χ4v) is 2.26. The number of nitriles is 1. The van der Waals surface area contributed by atoms with Gasteiger partial charge in [0.2, 0.25) is 0 Å². The normalized spacial score (nSPS) is 10.4. The van der Waals surface area contributed by atoms with Crippen molar-refractivity contribution in [3.05, 3.63) is 71.4 Å². The third kappa shape index (κ3) is 1.76. The molecule has 0 unspecified atom stereocenters. The number of nitrogens with one attached hydrogen (secondary N) is 1. The van der Waals surface area contributed by atoms with Gasteiger partial charge in [0.1, 0.15) is 6.07 Å². The summed E-state index contributed by atoms with van der Waals surface area (Å²) >= 11 is 0. The Morgan fingerprint density at radius 2 is 1.67 bits per heavy atom. The van der Waals surface area contributed by atoms with E-state index in [9.17, 15) is 5.26 Å². The van der Waals surface area contributed by atoms with Gasteiger partial charge in [0.25, 0.3) is 0 Å². The summed E-state index contributed by atoms with van der Waals surface area (Å²) in [6, 6.07) is 20.4. The summed E-state index contributed by atoms with van der Waals surface area (Å²) in [6.07, 6.45) is 0.762. The summed E-state index contributed by atoms with van der Waals surface area (Å²) in [5, 5.41) is 10.3. The van der Waals surface area contributed by atoms with Gasteiger partial charge >= 0.3 is 0 Å². The van der Waals surface area contributed by atoms with E-state index in [1.165, 1.54) is 5.56 Å². The zero-order valence-electron chi connectivity index (χ0n) is 9.85. The first-order chi connectivity index (χ1) is 8.88. The van der Waals surface area contributed by atoms with Crippen molar-refractivity contribution in [3.8, 4) is 6.07 Å². The van der Waals surface area contributed by atoms with Gasteiger partial charge in [-0.1, -0.05) is 48.5 Å². The molecule has 18 heavy (non-hydrogen) atoms. The Balaban J connectivity index is 2.10. The zero-order valence-corrected chi connectivity index (χ0v) is 9.85. The smallest absolute Gasteiger partial charge is 0.102 e. The average molecular weight is 232 g/mol. The van der Waals surface area contributed by atoms with Crippen LogP contribution in [0, 0.1) is 11.3 Å². The van der Waals surface area contributed by atoms with Crippen LogP contribution in [0.15, 0.2) is 54.6 Å². The van der Waals surface area contributed by atoms with Gasteiger partial charge in [0.15, 0.2) is 0 Å². The number of fused-ring (bicyclic) bond motifs is 1. The zero-order chi connectivity index (χ0) is 12.4. The number of hydrogen-bond acceptors (Lipinski definition) is 1. The number of hydrogen-bond donors (Lipinski definition) is 1. The van der Waals surface area contributed by atoms with Crippen molar-refractivity contribution in [2.75, 3.05) is 0 Å². The lowest BCUT2D eigenvalue weighted by atomic mass is 10.1. The van der Waals surface area contributed by atoms with Crippen LogP contribution in [0.5, 0.6) is 0 Å². The lowest BCUT2D eigenvalue weighted by molar-refractivity contribution is 1.11. The van der Waals surface area contributed by atoms with E-state index in [-0.39, 0.29) is 0 Å². The van der Waals surface area contributed by atoms with Crippen molar-refractivity contribution in [1.82, 2.24) is 4.98 Å². The highest BCUT2D eigenvalue weighted by molar-refractivity contribution is 5.87. The Morgan fingerprint density at radius 3 is 2.44 bits per heavy atom. The predicted octanol–water partition coefficient (Wildman–Crippen LogP) is 3.63. The SMILES string of the molecule is N#Cc1c(Cc2ccccc2)[nH]c2ccccc12. The highest BCUT2D eigenvalue weighted by atomic mass is 14.7. The van der Waals surface area contributed by atoms with Crippen molar-refractivity contribution < 1.29 is 0 Å². The second kappa shape index (κ2) is 4.38. The van der Waals surface area contributed by atoms with Gasteiger partial charge in [-0.25, -0.2) is 0 Å². The van der Waals surface area contributed by atoms with E-state index in [1.54, 1.807) is 0 Å². The van der Waals surface area contributed by atoms with Crippen LogP contribution in [-0.4, -0.2) is 4.98 Å². The van der Waals surface area contributed by atoms with E-state index in [2.05, 4.69) is 23.2 Å². The minimum atomic E-state index is 0.759. The molecule has 0 aliphatic carbocycles. The van der Waals surface area contributed by atoms with Crippen molar-refractivity contribution in [2.45, 2.75) is 6.42 Å². The molecular formula is C16H12N2. The third-order valence-corrected chi connectivity index (χ3v) is 3.12. The maximum atomic E-state index is 9.31. The minimum Gasteiger partial charge on any atom is -0.357 e. The minimum absolute atomic E-state index is 0.759. The predicted molar refractivity (Wildman–Crippen MR) is 72.3 cm³/mol. The maximum Gasteiger partial charge on any atom is 0.102 e. The van der Waals surface area contributed by atoms with Crippen LogP contribution in [0.2, 0.25) is 0 Å². The number of H-pyrrole nitrogens is 1. The molecule has 1 heterocycles. The number of benzene rings is 2. The lowest BCUT2D eigenvalue weighted by Gasteiger charge is -1.99. The molecule has 0 amide bonds. The summed E-state index contributed by atoms with van der Waals surface area (Å²) in [5.41, 5.74) is 3.99. The standard InChI is InChI=1S/C16H12N2/c17-11-14-13-8-4-5-9-15(13)18-16(14)10-12-6-2-1-3-7-12/h1-9,18H,10H2. The van der Waals surface area contributed by atoms with E-state index >= 15 is 0 Å². The number of aromatic amines is 1. The first kappa shape index (κ1) is 10.6. The van der Waals surface area contributed by atoms with Crippen LogP contribution in [0.25, 0.3) is 10.9 Å². The van der Waals surface area contributed by atoms with Gasteiger partial charge in [0, 0.05) is 23.0 Å². The van der Waals surface area contributed by atoms with Crippen LogP contribution in [0.4, 0.5) is 0 Å². The molecule has 0 spiro atoms. The van der Waals surface area contributed by atoms with Gasteiger partial charge in [-0.3, -0.25) is 0 Å². The summed E-state index contributed by atoms with van der Waals surface area (Å²) < 4.78 is 0. The van der Waals surface area contributed by atoms with Gasteiger partial charge in [-0.15, -0.1) is 0 Å². The number of para-hydroxylation sites is 1. The molecule has 86 valence electrons. The van der Waals surface area contributed by atoms with Crippen molar-refractivity contribution in [3.63, 3.8) is 0 Å². The highest BCUT2D eigenvalue weighted by Gasteiger charge is 2.10. The summed E-state index contributed by atoms with van der Waals surface area (Å²) in [4.78, 5) is 3.34. The first-order valence-corrected chi connectivity index (χ1v) is 5.92. The fraction of sp³-hybridized carbons (Fsp3) is 0.0625. The van der Waals surface area contributed by atoms with Gasteiger partial charge < -0.3 is 4.98 Å². The van der Waals surface area contributed by atoms with Gasteiger partial charge in [-0.05, 0) is 11.6 Å². The lowest BCUT2D eigenvalue weighted by Crippen LogP contribution is -1.90. The second-order valence-corrected chi connectivity index (χ2v) is 4.30. The molecule has 0 bridgehead atoms. The molecule has 0 aliphatic heterocycles. The largest absolute Gasteiger partial charge is 0.357 e. The third-order valence-electron chi connectivity index (χ3n) is 3.12. The molecule has 0 saturated heterocycles. The Morgan fingerprint density at radius 1 is 0.944 bits per heavy atom. The molecule has 3 rings (SSSR count). The van der Waals surface area contributed by atoms with Crippen molar-refractivity contribution in [1.29, 1.82) is 5.26 Å². The molecule has 0 saturated carbocycles. The molecule has 2 aromatic carbocycles. The van der Waals surface area contributed by atoms with Crippen molar-refractivity contribution >= 4 is 10.9 Å².